The molecule has 1 N–H and O–H groups in total. The minimum absolute atomic E-state index is 0.0254. The highest BCUT2D eigenvalue weighted by Gasteiger charge is 2.23. The molecule has 1 aliphatic heterocycles. The molecule has 7 heteroatoms. The maximum Gasteiger partial charge on any atom is 0.215 e. The average Bonchev–Trinajstić information content (AvgIpc) is 2.97. The molecule has 0 amide bonds. The smallest absolute Gasteiger partial charge is 0.215 e. The van der Waals surface area contributed by atoms with Crippen LogP contribution < -0.4 is 5.32 Å². The molecule has 0 saturated carbocycles. The summed E-state index contributed by atoms with van der Waals surface area (Å²) in [6, 6.07) is 3.94. The van der Waals surface area contributed by atoms with E-state index in [1.54, 1.807) is 4.31 Å². The largest absolute Gasteiger partial charge is 0.464 e. The zero-order chi connectivity index (χ0) is 15.3. The summed E-state index contributed by atoms with van der Waals surface area (Å²) in [5.74, 6) is 3.75. The first-order valence-corrected chi connectivity index (χ1v) is 10.2. The molecule has 1 saturated heterocycles. The highest BCUT2D eigenvalue weighted by molar-refractivity contribution is 7.99. The highest BCUT2D eigenvalue weighted by Crippen LogP contribution is 2.17. The third-order valence-corrected chi connectivity index (χ3v) is 6.45. The van der Waals surface area contributed by atoms with E-state index < -0.39 is 10.0 Å². The monoisotopic (exact) mass is 332 g/mol. The van der Waals surface area contributed by atoms with Crippen molar-refractivity contribution in [2.45, 2.75) is 26.3 Å². The van der Waals surface area contributed by atoms with Gasteiger partial charge in [-0.25, -0.2) is 12.7 Å². The molecule has 0 bridgehead atoms. The fraction of sp³-hybridized carbons (Fsp3) is 0.714. The molecular formula is C14H24N2O3S2. The quantitative estimate of drug-likeness (QED) is 0.826. The lowest BCUT2D eigenvalue weighted by Gasteiger charge is -2.25. The van der Waals surface area contributed by atoms with Crippen molar-refractivity contribution >= 4 is 21.8 Å². The standard InChI is InChI=1S/C14H24N2O3S2/c1-3-13-4-5-14(19-13)12(2)15-6-11-21(17,18)16-7-9-20-10-8-16/h4-5,12,15H,3,6-11H2,1-2H3. The van der Waals surface area contributed by atoms with Crippen molar-refractivity contribution in [2.24, 2.45) is 0 Å². The van der Waals surface area contributed by atoms with Crippen LogP contribution in [0, 0.1) is 0 Å². The van der Waals surface area contributed by atoms with Crippen molar-refractivity contribution in [3.63, 3.8) is 0 Å². The molecular weight excluding hydrogens is 308 g/mol. The van der Waals surface area contributed by atoms with E-state index in [1.807, 2.05) is 37.7 Å². The summed E-state index contributed by atoms with van der Waals surface area (Å²) < 4.78 is 31.7. The van der Waals surface area contributed by atoms with Crippen LogP contribution in [-0.4, -0.2) is 49.6 Å². The molecule has 120 valence electrons. The molecule has 1 aliphatic rings. The van der Waals surface area contributed by atoms with E-state index >= 15 is 0 Å². The van der Waals surface area contributed by atoms with E-state index in [-0.39, 0.29) is 11.8 Å². The second kappa shape index (κ2) is 7.67. The number of aryl methyl sites for hydroxylation is 1. The number of nitrogens with zero attached hydrogens (tertiary/aromatic N) is 1. The van der Waals surface area contributed by atoms with Crippen LogP contribution in [0.3, 0.4) is 0 Å². The lowest BCUT2D eigenvalue weighted by atomic mass is 10.2. The van der Waals surface area contributed by atoms with E-state index in [9.17, 15) is 8.42 Å². The van der Waals surface area contributed by atoms with Crippen molar-refractivity contribution in [3.05, 3.63) is 23.7 Å². The molecule has 2 heterocycles. The van der Waals surface area contributed by atoms with Crippen LogP contribution in [0.4, 0.5) is 0 Å². The summed E-state index contributed by atoms with van der Waals surface area (Å²) in [6.45, 7) is 5.75. The van der Waals surface area contributed by atoms with E-state index in [2.05, 4.69) is 5.32 Å². The summed E-state index contributed by atoms with van der Waals surface area (Å²) in [7, 11) is -3.13. The Morgan fingerprint density at radius 3 is 2.71 bits per heavy atom. The zero-order valence-electron chi connectivity index (χ0n) is 12.7. The number of hydrogen-bond donors (Lipinski definition) is 1. The van der Waals surface area contributed by atoms with Crippen LogP contribution in [0.1, 0.15) is 31.4 Å². The molecule has 0 radical (unpaired) electrons. The third kappa shape index (κ3) is 4.74. The lowest BCUT2D eigenvalue weighted by Crippen LogP contribution is -2.41. The number of rotatable bonds is 7. The van der Waals surface area contributed by atoms with Crippen molar-refractivity contribution in [1.82, 2.24) is 9.62 Å². The van der Waals surface area contributed by atoms with Crippen molar-refractivity contribution in [3.8, 4) is 0 Å². The van der Waals surface area contributed by atoms with Crippen LogP contribution in [0.15, 0.2) is 16.5 Å². The van der Waals surface area contributed by atoms with E-state index in [1.165, 1.54) is 0 Å². The van der Waals surface area contributed by atoms with Gasteiger partial charge in [0.2, 0.25) is 10.0 Å². The van der Waals surface area contributed by atoms with Crippen LogP contribution in [0.25, 0.3) is 0 Å². The Kier molecular flexibility index (Phi) is 6.16. The Hall–Kier alpha value is -0.500. The fourth-order valence-electron chi connectivity index (χ4n) is 2.28. The summed E-state index contributed by atoms with van der Waals surface area (Å²) >= 11 is 1.81. The van der Waals surface area contributed by atoms with Crippen LogP contribution in [-0.2, 0) is 16.4 Å². The van der Waals surface area contributed by atoms with Crippen LogP contribution in [0.2, 0.25) is 0 Å². The number of nitrogens with one attached hydrogen (secondary N) is 1. The van der Waals surface area contributed by atoms with Gasteiger partial charge in [0.05, 0.1) is 11.8 Å². The molecule has 1 aromatic heterocycles. The van der Waals surface area contributed by atoms with Gasteiger partial charge in [-0.3, -0.25) is 0 Å². The molecule has 0 spiro atoms. The molecule has 0 aliphatic carbocycles. The van der Waals surface area contributed by atoms with Gasteiger partial charge >= 0.3 is 0 Å². The Labute approximate surface area is 131 Å². The Morgan fingerprint density at radius 2 is 2.10 bits per heavy atom. The highest BCUT2D eigenvalue weighted by atomic mass is 32.2. The Morgan fingerprint density at radius 1 is 1.38 bits per heavy atom. The van der Waals surface area contributed by atoms with E-state index in [0.29, 0.717) is 19.6 Å². The second-order valence-corrected chi connectivity index (χ2v) is 8.47. The molecule has 0 aromatic carbocycles. The minimum atomic E-state index is -3.13. The molecule has 1 aromatic rings. The first kappa shape index (κ1) is 16.9. The van der Waals surface area contributed by atoms with E-state index in [0.717, 1.165) is 29.4 Å². The average molecular weight is 332 g/mol. The van der Waals surface area contributed by atoms with Gasteiger partial charge in [-0.1, -0.05) is 6.92 Å². The van der Waals surface area contributed by atoms with Gasteiger partial charge in [-0.05, 0) is 19.1 Å². The summed E-state index contributed by atoms with van der Waals surface area (Å²) in [6.07, 6.45) is 0.869. The maximum atomic E-state index is 12.2. The molecule has 2 rings (SSSR count). The van der Waals surface area contributed by atoms with Crippen LogP contribution in [0.5, 0.6) is 0 Å². The van der Waals surface area contributed by atoms with Gasteiger partial charge < -0.3 is 9.73 Å². The topological polar surface area (TPSA) is 62.6 Å². The predicted octanol–water partition coefficient (Wildman–Crippen LogP) is 1.87. The zero-order valence-corrected chi connectivity index (χ0v) is 14.3. The lowest BCUT2D eigenvalue weighted by molar-refractivity contribution is 0.409. The second-order valence-electron chi connectivity index (χ2n) is 5.16. The molecule has 1 fully saturated rings. The fourth-order valence-corrected chi connectivity index (χ4v) is 4.78. The molecule has 1 atom stereocenters. The normalized spacial score (nSPS) is 18.8. The Bertz CT molecular complexity index is 536. The van der Waals surface area contributed by atoms with Crippen molar-refractivity contribution in [1.29, 1.82) is 0 Å². The van der Waals surface area contributed by atoms with Crippen molar-refractivity contribution in [2.75, 3.05) is 36.9 Å². The summed E-state index contributed by atoms with van der Waals surface area (Å²) in [5, 5.41) is 3.23. The first-order valence-electron chi connectivity index (χ1n) is 7.40. The van der Waals surface area contributed by atoms with E-state index in [4.69, 9.17) is 4.42 Å². The van der Waals surface area contributed by atoms with Gasteiger partial charge in [0.1, 0.15) is 11.5 Å². The maximum absolute atomic E-state index is 12.2. The number of sulfonamides is 1. The van der Waals surface area contributed by atoms with Crippen LogP contribution >= 0.6 is 11.8 Å². The van der Waals surface area contributed by atoms with Gasteiger partial charge in [0, 0.05) is 37.6 Å². The predicted molar refractivity (Wildman–Crippen MR) is 87.2 cm³/mol. The van der Waals surface area contributed by atoms with Gasteiger partial charge in [0.25, 0.3) is 0 Å². The molecule has 21 heavy (non-hydrogen) atoms. The number of thioether (sulfide) groups is 1. The third-order valence-electron chi connectivity index (χ3n) is 3.63. The molecule has 1 unspecified atom stereocenters. The summed E-state index contributed by atoms with van der Waals surface area (Å²) in [5.41, 5.74) is 0. The first-order chi connectivity index (χ1) is 10.0. The SMILES string of the molecule is CCc1ccc(C(C)NCCS(=O)(=O)N2CCSCC2)o1. The number of hydrogen-bond acceptors (Lipinski definition) is 5. The van der Waals surface area contributed by atoms with Gasteiger partial charge in [-0.15, -0.1) is 0 Å². The minimum Gasteiger partial charge on any atom is -0.464 e. The summed E-state index contributed by atoms with van der Waals surface area (Å²) in [4.78, 5) is 0. The van der Waals surface area contributed by atoms with Gasteiger partial charge in [-0.2, -0.15) is 11.8 Å². The Balaban J connectivity index is 1.80. The van der Waals surface area contributed by atoms with Gasteiger partial charge in [0.15, 0.2) is 0 Å². The molecule has 5 nitrogen and oxygen atoms in total. The number of furan rings is 1. The van der Waals surface area contributed by atoms with Crippen molar-refractivity contribution < 1.29 is 12.8 Å².